The van der Waals surface area contributed by atoms with E-state index < -0.39 is 0 Å². The van der Waals surface area contributed by atoms with E-state index in [-0.39, 0.29) is 0 Å². The molecule has 1 aromatic heterocycles. The molecule has 0 radical (unpaired) electrons. The van der Waals surface area contributed by atoms with Gasteiger partial charge in [0, 0.05) is 41.3 Å². The van der Waals surface area contributed by atoms with Crippen LogP contribution in [0.4, 0.5) is 5.69 Å². The molecule has 1 unspecified atom stereocenters. The number of pyridine rings is 1. The van der Waals surface area contributed by atoms with E-state index in [2.05, 4.69) is 17.0 Å². The number of nitrogen functional groups attached to an aromatic ring is 1. The summed E-state index contributed by atoms with van der Waals surface area (Å²) < 4.78 is 0. The van der Waals surface area contributed by atoms with E-state index in [1.54, 1.807) is 0 Å². The lowest BCUT2D eigenvalue weighted by molar-refractivity contribution is 0.126. The van der Waals surface area contributed by atoms with Gasteiger partial charge < -0.3 is 5.73 Å². The Hall–Kier alpha value is -1.61. The van der Waals surface area contributed by atoms with Crippen molar-refractivity contribution in [1.82, 2.24) is 9.88 Å². The number of nitrogens with zero attached hydrogens (tertiary/aromatic N) is 2. The maximum Gasteiger partial charge on any atom is 0.0726 e. The largest absolute Gasteiger partial charge is 0.398 e. The predicted molar refractivity (Wildman–Crippen MR) is 77.9 cm³/mol. The third-order valence-corrected chi connectivity index (χ3v) is 4.66. The Bertz CT molecular complexity index is 635. The maximum absolute atomic E-state index is 6.39. The van der Waals surface area contributed by atoms with E-state index in [4.69, 9.17) is 10.7 Å². The van der Waals surface area contributed by atoms with E-state index in [1.165, 1.54) is 37.1 Å². The van der Waals surface area contributed by atoms with Gasteiger partial charge in [0.1, 0.15) is 0 Å². The molecule has 3 nitrogen and oxygen atoms in total. The maximum atomic E-state index is 6.39. The zero-order valence-electron chi connectivity index (χ0n) is 11.1. The highest BCUT2D eigenvalue weighted by Crippen LogP contribution is 2.34. The summed E-state index contributed by atoms with van der Waals surface area (Å²) in [5.41, 5.74) is 10.9. The molecule has 1 aromatic carbocycles. The van der Waals surface area contributed by atoms with Crippen LogP contribution < -0.4 is 5.73 Å². The highest BCUT2D eigenvalue weighted by Gasteiger charge is 2.30. The van der Waals surface area contributed by atoms with Gasteiger partial charge in [-0.2, -0.15) is 0 Å². The minimum absolute atomic E-state index is 0.689. The summed E-state index contributed by atoms with van der Waals surface area (Å²) in [7, 11) is 0. The second-order valence-electron chi connectivity index (χ2n) is 5.79. The Morgan fingerprint density at radius 2 is 2.11 bits per heavy atom. The van der Waals surface area contributed by atoms with Crippen molar-refractivity contribution in [3.63, 3.8) is 0 Å². The van der Waals surface area contributed by atoms with Crippen LogP contribution in [0.25, 0.3) is 10.9 Å². The topological polar surface area (TPSA) is 42.1 Å². The van der Waals surface area contributed by atoms with Crippen molar-refractivity contribution in [1.29, 1.82) is 0 Å². The molecule has 98 valence electrons. The summed E-state index contributed by atoms with van der Waals surface area (Å²) in [6, 6.07) is 8.92. The normalized spacial score (nSPS) is 23.1. The molecule has 4 rings (SSSR count). The molecule has 0 spiro atoms. The lowest BCUT2D eigenvalue weighted by atomic mass is 9.90. The number of anilines is 1. The lowest BCUT2D eigenvalue weighted by Crippen LogP contribution is -2.44. The van der Waals surface area contributed by atoms with E-state index >= 15 is 0 Å². The number of hydrogen-bond acceptors (Lipinski definition) is 3. The molecule has 3 heteroatoms. The Kier molecular flexibility index (Phi) is 2.49. The summed E-state index contributed by atoms with van der Waals surface area (Å²) in [6.45, 7) is 2.21. The average molecular weight is 253 g/mol. The highest BCUT2D eigenvalue weighted by atomic mass is 15.2. The number of para-hydroxylation sites is 1. The van der Waals surface area contributed by atoms with Gasteiger partial charge in [0.2, 0.25) is 0 Å². The SMILES string of the molecule is Nc1c2c(nc3ccccc13)CC1CCCCN1C2. The molecule has 3 heterocycles. The molecule has 1 atom stereocenters. The van der Waals surface area contributed by atoms with Gasteiger partial charge in [-0.15, -0.1) is 0 Å². The predicted octanol–water partition coefficient (Wildman–Crippen LogP) is 2.73. The fourth-order valence-corrected chi connectivity index (χ4v) is 3.60. The van der Waals surface area contributed by atoms with Gasteiger partial charge in [0.25, 0.3) is 0 Å². The van der Waals surface area contributed by atoms with Crippen LogP contribution in [-0.2, 0) is 13.0 Å². The van der Waals surface area contributed by atoms with Crippen LogP contribution in [0.2, 0.25) is 0 Å². The molecular weight excluding hydrogens is 234 g/mol. The quantitative estimate of drug-likeness (QED) is 0.785. The van der Waals surface area contributed by atoms with Crippen LogP contribution in [0.3, 0.4) is 0 Å². The number of benzene rings is 1. The Morgan fingerprint density at radius 3 is 3.05 bits per heavy atom. The number of hydrogen-bond donors (Lipinski definition) is 1. The molecule has 2 N–H and O–H groups in total. The van der Waals surface area contributed by atoms with Crippen molar-refractivity contribution in [3.05, 3.63) is 35.5 Å². The number of aromatic nitrogens is 1. The molecule has 2 aliphatic rings. The molecule has 2 aromatic rings. The second kappa shape index (κ2) is 4.20. The molecule has 0 aliphatic carbocycles. The van der Waals surface area contributed by atoms with Gasteiger partial charge >= 0.3 is 0 Å². The summed E-state index contributed by atoms with van der Waals surface area (Å²) in [5, 5.41) is 1.11. The second-order valence-corrected chi connectivity index (χ2v) is 5.79. The Labute approximate surface area is 113 Å². The van der Waals surface area contributed by atoms with Gasteiger partial charge in [-0.05, 0) is 25.5 Å². The first-order chi connectivity index (χ1) is 9.33. The molecule has 0 bridgehead atoms. The summed E-state index contributed by atoms with van der Waals surface area (Å²) in [5.74, 6) is 0. The molecule has 1 saturated heterocycles. The minimum Gasteiger partial charge on any atom is -0.398 e. The lowest BCUT2D eigenvalue weighted by Gasteiger charge is -2.40. The molecule has 2 aliphatic heterocycles. The van der Waals surface area contributed by atoms with Crippen LogP contribution >= 0.6 is 0 Å². The first-order valence-electron chi connectivity index (χ1n) is 7.23. The molecule has 19 heavy (non-hydrogen) atoms. The van der Waals surface area contributed by atoms with Crippen LogP contribution in [0, 0.1) is 0 Å². The van der Waals surface area contributed by atoms with Crippen LogP contribution in [0.1, 0.15) is 30.5 Å². The number of rotatable bonds is 0. The van der Waals surface area contributed by atoms with E-state index in [0.29, 0.717) is 6.04 Å². The molecule has 1 fully saturated rings. The van der Waals surface area contributed by atoms with E-state index in [0.717, 1.165) is 29.6 Å². The molecule has 0 amide bonds. The van der Waals surface area contributed by atoms with Gasteiger partial charge in [-0.25, -0.2) is 0 Å². The fourth-order valence-electron chi connectivity index (χ4n) is 3.60. The standard InChI is InChI=1S/C16H19N3/c17-16-12-6-1-2-7-14(12)18-15-9-11-5-3-4-8-19(11)10-13(15)16/h1-2,6-7,11H,3-5,8-10H2,(H2,17,18). The van der Waals surface area contributed by atoms with Crippen molar-refractivity contribution in [2.45, 2.75) is 38.3 Å². The first-order valence-corrected chi connectivity index (χ1v) is 7.23. The van der Waals surface area contributed by atoms with Crippen molar-refractivity contribution in [2.24, 2.45) is 0 Å². The number of piperidine rings is 1. The third kappa shape index (κ3) is 1.72. The van der Waals surface area contributed by atoms with Gasteiger partial charge in [-0.3, -0.25) is 9.88 Å². The fraction of sp³-hybridized carbons (Fsp3) is 0.438. The van der Waals surface area contributed by atoms with E-state index in [1.807, 2.05) is 12.1 Å². The van der Waals surface area contributed by atoms with Gasteiger partial charge in [0.05, 0.1) is 5.52 Å². The Morgan fingerprint density at radius 1 is 1.21 bits per heavy atom. The van der Waals surface area contributed by atoms with Gasteiger partial charge in [0.15, 0.2) is 0 Å². The summed E-state index contributed by atoms with van der Waals surface area (Å²) in [6.07, 6.45) is 5.07. The van der Waals surface area contributed by atoms with Crippen LogP contribution in [0.5, 0.6) is 0 Å². The number of fused-ring (bicyclic) bond motifs is 3. The Balaban J connectivity index is 1.86. The van der Waals surface area contributed by atoms with Crippen molar-refractivity contribution in [2.75, 3.05) is 12.3 Å². The average Bonchev–Trinajstić information content (AvgIpc) is 2.46. The molecule has 0 saturated carbocycles. The summed E-state index contributed by atoms with van der Waals surface area (Å²) >= 11 is 0. The third-order valence-electron chi connectivity index (χ3n) is 4.66. The monoisotopic (exact) mass is 253 g/mol. The number of nitrogens with two attached hydrogens (primary N) is 1. The minimum atomic E-state index is 0.689. The molecular formula is C16H19N3. The van der Waals surface area contributed by atoms with Crippen molar-refractivity contribution >= 4 is 16.6 Å². The summed E-state index contributed by atoms with van der Waals surface area (Å²) in [4.78, 5) is 7.46. The van der Waals surface area contributed by atoms with Gasteiger partial charge in [-0.1, -0.05) is 24.6 Å². The van der Waals surface area contributed by atoms with Crippen LogP contribution in [-0.4, -0.2) is 22.5 Å². The first kappa shape index (κ1) is 11.2. The smallest absolute Gasteiger partial charge is 0.0726 e. The van der Waals surface area contributed by atoms with Crippen molar-refractivity contribution in [3.8, 4) is 0 Å². The highest BCUT2D eigenvalue weighted by molar-refractivity contribution is 5.92. The zero-order chi connectivity index (χ0) is 12.8. The van der Waals surface area contributed by atoms with E-state index in [9.17, 15) is 0 Å². The van der Waals surface area contributed by atoms with Crippen molar-refractivity contribution < 1.29 is 0 Å². The van der Waals surface area contributed by atoms with Crippen LogP contribution in [0.15, 0.2) is 24.3 Å². The zero-order valence-corrected chi connectivity index (χ0v) is 11.1.